The van der Waals surface area contributed by atoms with Gasteiger partial charge >= 0.3 is 0 Å². The molecule has 0 saturated heterocycles. The number of hydrogen-bond acceptors (Lipinski definition) is 3. The van der Waals surface area contributed by atoms with Crippen molar-refractivity contribution in [3.63, 3.8) is 0 Å². The molecule has 1 aromatic rings. The quantitative estimate of drug-likeness (QED) is 0.0892. The van der Waals surface area contributed by atoms with Gasteiger partial charge in [0, 0.05) is 32.1 Å². The molecule has 0 aliphatic heterocycles. The van der Waals surface area contributed by atoms with Gasteiger partial charge in [0.05, 0.1) is 0 Å². The molecule has 1 aromatic carbocycles. The Labute approximate surface area is 290 Å². The first-order chi connectivity index (χ1) is 23.1. The summed E-state index contributed by atoms with van der Waals surface area (Å²) in [4.78, 5) is 37.1. The van der Waals surface area contributed by atoms with E-state index in [1.54, 1.807) is 0 Å². The second kappa shape index (κ2) is 30.1. The molecular formula is C44H72O3. The third-order valence-corrected chi connectivity index (χ3v) is 10.2. The van der Waals surface area contributed by atoms with Crippen molar-refractivity contribution in [3.8, 4) is 0 Å². The average molecular weight is 649 g/mol. The van der Waals surface area contributed by atoms with E-state index in [9.17, 15) is 14.4 Å². The lowest BCUT2D eigenvalue weighted by atomic mass is 9.95. The fourth-order valence-corrected chi connectivity index (χ4v) is 7.08. The van der Waals surface area contributed by atoms with E-state index in [1.165, 1.54) is 135 Å². The van der Waals surface area contributed by atoms with Crippen molar-refractivity contribution in [1.29, 1.82) is 0 Å². The maximum atomic E-state index is 12.8. The topological polar surface area (TPSA) is 51.2 Å². The highest BCUT2D eigenvalue weighted by molar-refractivity contribution is 5.95. The summed E-state index contributed by atoms with van der Waals surface area (Å²) in [5.74, 6) is 1.26. The Morgan fingerprint density at radius 1 is 0.426 bits per heavy atom. The predicted octanol–water partition coefficient (Wildman–Crippen LogP) is 13.4. The van der Waals surface area contributed by atoms with Crippen molar-refractivity contribution in [3.05, 3.63) is 47.5 Å². The second-order valence-electron chi connectivity index (χ2n) is 14.6. The van der Waals surface area contributed by atoms with Crippen molar-refractivity contribution in [2.45, 2.75) is 212 Å². The van der Waals surface area contributed by atoms with Crippen LogP contribution < -0.4 is 0 Å². The minimum absolute atomic E-state index is 0.363. The minimum Gasteiger partial charge on any atom is -0.300 e. The van der Waals surface area contributed by atoms with Crippen molar-refractivity contribution < 1.29 is 14.4 Å². The molecule has 2 rings (SSSR count). The van der Waals surface area contributed by atoms with Crippen LogP contribution in [0.4, 0.5) is 0 Å². The van der Waals surface area contributed by atoms with Crippen molar-refractivity contribution in [1.82, 2.24) is 0 Å². The predicted molar refractivity (Wildman–Crippen MR) is 201 cm³/mol. The molecule has 3 heteroatoms. The number of carbonyl (C=O) groups is 3. The Bertz CT molecular complexity index is 946. The zero-order valence-electron chi connectivity index (χ0n) is 30.5. The van der Waals surface area contributed by atoms with Gasteiger partial charge in [-0.3, -0.25) is 14.4 Å². The normalized spacial score (nSPS) is 15.7. The Hall–Kier alpha value is -2.03. The van der Waals surface area contributed by atoms with Crippen LogP contribution in [-0.2, 0) is 20.8 Å². The summed E-state index contributed by atoms with van der Waals surface area (Å²) in [5.41, 5.74) is 2.27. The Balaban J connectivity index is 1.29. The Morgan fingerprint density at radius 3 is 1.34 bits per heavy atom. The molecule has 0 radical (unpaired) electrons. The molecule has 1 aliphatic rings. The number of hydrogen-bond donors (Lipinski definition) is 0. The zero-order valence-corrected chi connectivity index (χ0v) is 30.5. The maximum absolute atomic E-state index is 12.8. The van der Waals surface area contributed by atoms with Crippen LogP contribution in [-0.4, -0.2) is 17.3 Å². The van der Waals surface area contributed by atoms with Gasteiger partial charge in [-0.2, -0.15) is 0 Å². The Morgan fingerprint density at radius 2 is 0.830 bits per heavy atom. The second-order valence-corrected chi connectivity index (χ2v) is 14.6. The van der Waals surface area contributed by atoms with E-state index in [0.717, 1.165) is 75.3 Å². The molecule has 0 N–H and O–H groups in total. The van der Waals surface area contributed by atoms with Gasteiger partial charge in [-0.1, -0.05) is 165 Å². The van der Waals surface area contributed by atoms with Crippen LogP contribution in [0.5, 0.6) is 0 Å². The summed E-state index contributed by atoms with van der Waals surface area (Å²) < 4.78 is 0. The van der Waals surface area contributed by atoms with Crippen LogP contribution in [0.25, 0.3) is 0 Å². The smallest absolute Gasteiger partial charge is 0.158 e. The first-order valence-corrected chi connectivity index (χ1v) is 20.4. The van der Waals surface area contributed by atoms with Gasteiger partial charge in [0.2, 0.25) is 0 Å². The first kappa shape index (κ1) is 41.1. The fraction of sp³-hybridized carbons (Fsp3) is 0.750. The molecule has 0 saturated carbocycles. The lowest BCUT2D eigenvalue weighted by molar-refractivity contribution is -0.119. The van der Waals surface area contributed by atoms with E-state index in [0.29, 0.717) is 30.2 Å². The summed E-state index contributed by atoms with van der Waals surface area (Å²) in [6.45, 7) is 0. The number of rotatable bonds is 27. The summed E-state index contributed by atoms with van der Waals surface area (Å²) in [6.07, 6.45) is 40.1. The van der Waals surface area contributed by atoms with Gasteiger partial charge in [-0.15, -0.1) is 0 Å². The number of ketones is 3. The van der Waals surface area contributed by atoms with Gasteiger partial charge in [0.25, 0.3) is 0 Å². The molecule has 0 aromatic heterocycles. The molecule has 47 heavy (non-hydrogen) atoms. The molecule has 0 bridgehead atoms. The molecule has 0 fully saturated rings. The van der Waals surface area contributed by atoms with Crippen molar-refractivity contribution in [2.24, 2.45) is 0 Å². The highest BCUT2D eigenvalue weighted by Gasteiger charge is 2.10. The zero-order chi connectivity index (χ0) is 33.5. The van der Waals surface area contributed by atoms with E-state index < -0.39 is 0 Å². The van der Waals surface area contributed by atoms with E-state index in [1.807, 2.05) is 30.3 Å². The van der Waals surface area contributed by atoms with E-state index in [4.69, 9.17) is 0 Å². The lowest BCUT2D eigenvalue weighted by Crippen LogP contribution is -2.03. The molecular weight excluding hydrogens is 576 g/mol. The van der Waals surface area contributed by atoms with E-state index in [-0.39, 0.29) is 0 Å². The molecule has 1 aliphatic carbocycles. The molecule has 0 amide bonds. The number of carbonyl (C=O) groups excluding carboxylic acids is 3. The van der Waals surface area contributed by atoms with Gasteiger partial charge in [-0.25, -0.2) is 0 Å². The number of allylic oxidation sites excluding steroid dienone is 2. The average Bonchev–Trinajstić information content (AvgIpc) is 3.06. The molecule has 3 nitrogen and oxygen atoms in total. The first-order valence-electron chi connectivity index (χ1n) is 20.4. The highest BCUT2D eigenvalue weighted by atomic mass is 16.1. The minimum atomic E-state index is 0.363. The number of Topliss-reactive ketones (excluding diaryl/α,β-unsaturated/α-hetero) is 3. The monoisotopic (exact) mass is 649 g/mol. The van der Waals surface area contributed by atoms with Gasteiger partial charge < -0.3 is 0 Å². The molecule has 0 spiro atoms. The standard InChI is InChI=1S/C44H72O3/c45-42(35-27-18-12-6-2-8-14-20-29-37-43(46)39-40-31-23-22-24-32-40)36-28-19-13-7-3-9-15-21-30-38-44(47)41-33-25-16-10-4-1-5-11-17-26-34-41/h22-24,31-33H,1-21,25-30,34-39H2/b41-33+. The van der Waals surface area contributed by atoms with Crippen LogP contribution in [0.1, 0.15) is 211 Å². The van der Waals surface area contributed by atoms with Gasteiger partial charge in [0.1, 0.15) is 11.6 Å². The van der Waals surface area contributed by atoms with Crippen LogP contribution in [0.2, 0.25) is 0 Å². The SMILES string of the molecule is O=C(CCCCCCCCCCCC(=O)Cc1ccccc1)CCCCCCCCCCCC(=O)/C1=C/CCCCCCCCCC1. The molecule has 0 heterocycles. The molecule has 0 unspecified atom stereocenters. The fourth-order valence-electron chi connectivity index (χ4n) is 7.08. The maximum Gasteiger partial charge on any atom is 0.158 e. The van der Waals surface area contributed by atoms with Gasteiger partial charge in [0.15, 0.2) is 5.78 Å². The number of unbranched alkanes of at least 4 members (excludes halogenated alkanes) is 16. The highest BCUT2D eigenvalue weighted by Crippen LogP contribution is 2.20. The van der Waals surface area contributed by atoms with E-state index in [2.05, 4.69) is 6.08 Å². The van der Waals surface area contributed by atoms with Crippen LogP contribution in [0, 0.1) is 0 Å². The third kappa shape index (κ3) is 24.7. The van der Waals surface area contributed by atoms with Crippen molar-refractivity contribution >= 4 is 17.3 Å². The lowest BCUT2D eigenvalue weighted by Gasteiger charge is -2.09. The summed E-state index contributed by atoms with van der Waals surface area (Å²) in [5, 5.41) is 0. The largest absolute Gasteiger partial charge is 0.300 e. The molecule has 0 atom stereocenters. The third-order valence-electron chi connectivity index (χ3n) is 10.2. The summed E-state index contributed by atoms with van der Waals surface area (Å²) in [6, 6.07) is 10.1. The van der Waals surface area contributed by atoms with Crippen LogP contribution >= 0.6 is 0 Å². The van der Waals surface area contributed by atoms with Crippen LogP contribution in [0.3, 0.4) is 0 Å². The van der Waals surface area contributed by atoms with E-state index >= 15 is 0 Å². The van der Waals surface area contributed by atoms with Gasteiger partial charge in [-0.05, 0) is 62.5 Å². The summed E-state index contributed by atoms with van der Waals surface area (Å²) >= 11 is 0. The van der Waals surface area contributed by atoms with Crippen LogP contribution in [0.15, 0.2) is 42.0 Å². The molecule has 266 valence electrons. The summed E-state index contributed by atoms with van der Waals surface area (Å²) in [7, 11) is 0. The number of benzene rings is 1. The Kier molecular flexibility index (Phi) is 26.3. The van der Waals surface area contributed by atoms with Crippen molar-refractivity contribution in [2.75, 3.05) is 0 Å².